The minimum Gasteiger partial charge on any atom is -0.378 e. The van der Waals surface area contributed by atoms with Gasteiger partial charge in [0, 0.05) is 76.9 Å². The predicted octanol–water partition coefficient (Wildman–Crippen LogP) is 12.0. The van der Waals surface area contributed by atoms with Crippen molar-refractivity contribution in [1.29, 1.82) is 0 Å². The average Bonchev–Trinajstić information content (AvgIpc) is 3.21. The second kappa shape index (κ2) is 30.0. The summed E-state index contributed by atoms with van der Waals surface area (Å²) < 4.78 is 22.7. The highest BCUT2D eigenvalue weighted by molar-refractivity contribution is 7.91. The van der Waals surface area contributed by atoms with Crippen molar-refractivity contribution in [2.24, 2.45) is 0 Å². The van der Waals surface area contributed by atoms with E-state index in [9.17, 15) is 18.0 Å². The first kappa shape index (κ1) is 50.1. The van der Waals surface area contributed by atoms with Gasteiger partial charge in [0.1, 0.15) is 0 Å². The van der Waals surface area contributed by atoms with E-state index in [2.05, 4.69) is 30.9 Å². The van der Waals surface area contributed by atoms with Crippen molar-refractivity contribution in [3.8, 4) is 0 Å². The topological polar surface area (TPSA) is 81.2 Å². The van der Waals surface area contributed by atoms with E-state index in [-0.39, 0.29) is 23.3 Å². The zero-order chi connectivity index (χ0) is 41.7. The number of unbranched alkanes of at least 4 members (excludes halogenated alkanes) is 20. The van der Waals surface area contributed by atoms with Crippen molar-refractivity contribution in [3.63, 3.8) is 0 Å². The molecule has 324 valence electrons. The standard InChI is InChI=1S/C36H64N2O2.C12H18N2O2S/c1-5-7-9-11-13-15-17-19-21-23-25-27-35(39)37(3)33-29-31-34(32-30-33)38(4)36(40)28-26-24-22-20-18-16-14-12-10-8-6-2;1-13(2)11-3-5-12(6-4-11)14-7-9-17(15,16)10-8-14/h29-32H,5-28H2,1-4H3;3-6H,7-10H2,1-2H3. The van der Waals surface area contributed by atoms with Crippen LogP contribution in [0.2, 0.25) is 0 Å². The molecule has 0 atom stereocenters. The molecule has 0 saturated carbocycles. The normalized spacial score (nSPS) is 13.5. The lowest BCUT2D eigenvalue weighted by molar-refractivity contribution is -0.119. The van der Waals surface area contributed by atoms with Crippen LogP contribution in [0.1, 0.15) is 168 Å². The molecule has 57 heavy (non-hydrogen) atoms. The van der Waals surface area contributed by atoms with Crippen molar-refractivity contribution < 1.29 is 18.0 Å². The second-order valence-corrected chi connectivity index (χ2v) is 18.8. The minimum atomic E-state index is -2.80. The predicted molar refractivity (Wildman–Crippen MR) is 247 cm³/mol. The van der Waals surface area contributed by atoms with Gasteiger partial charge in [0.2, 0.25) is 11.8 Å². The van der Waals surface area contributed by atoms with E-state index in [0.717, 1.165) is 48.4 Å². The number of sulfone groups is 1. The summed E-state index contributed by atoms with van der Waals surface area (Å²) in [5.41, 5.74) is 4.04. The highest BCUT2D eigenvalue weighted by atomic mass is 32.2. The zero-order valence-electron chi connectivity index (χ0n) is 37.2. The molecule has 0 spiro atoms. The highest BCUT2D eigenvalue weighted by Crippen LogP contribution is 2.23. The van der Waals surface area contributed by atoms with E-state index in [1.54, 1.807) is 9.80 Å². The fraction of sp³-hybridized carbons (Fsp3) is 0.708. The van der Waals surface area contributed by atoms with Crippen LogP contribution in [0.4, 0.5) is 22.7 Å². The Kier molecular flexibility index (Phi) is 26.4. The molecule has 0 unspecified atom stereocenters. The molecule has 0 radical (unpaired) electrons. The number of benzene rings is 2. The van der Waals surface area contributed by atoms with Crippen LogP contribution >= 0.6 is 0 Å². The highest BCUT2D eigenvalue weighted by Gasteiger charge is 2.21. The molecule has 1 saturated heterocycles. The molecule has 9 heteroatoms. The lowest BCUT2D eigenvalue weighted by atomic mass is 10.0. The summed E-state index contributed by atoms with van der Waals surface area (Å²) in [4.78, 5) is 33.0. The minimum absolute atomic E-state index is 0.171. The van der Waals surface area contributed by atoms with E-state index >= 15 is 0 Å². The molecule has 2 amide bonds. The van der Waals surface area contributed by atoms with Crippen molar-refractivity contribution in [2.45, 2.75) is 168 Å². The molecule has 8 nitrogen and oxygen atoms in total. The van der Waals surface area contributed by atoms with Gasteiger partial charge < -0.3 is 19.6 Å². The lowest BCUT2D eigenvalue weighted by Gasteiger charge is -2.29. The van der Waals surface area contributed by atoms with E-state index in [1.807, 2.05) is 69.5 Å². The number of anilines is 4. The molecule has 0 bridgehead atoms. The average molecular weight is 811 g/mol. The Morgan fingerprint density at radius 1 is 0.474 bits per heavy atom. The van der Waals surface area contributed by atoms with Crippen molar-refractivity contribution >= 4 is 44.4 Å². The summed E-state index contributed by atoms with van der Waals surface area (Å²) in [6, 6.07) is 16.0. The van der Waals surface area contributed by atoms with Crippen LogP contribution in [0.25, 0.3) is 0 Å². The molecule has 1 aliphatic rings. The number of nitrogens with zero attached hydrogens (tertiary/aromatic N) is 4. The Morgan fingerprint density at radius 3 is 1.09 bits per heavy atom. The first-order valence-electron chi connectivity index (χ1n) is 22.8. The number of hydrogen-bond donors (Lipinski definition) is 0. The molecule has 0 aliphatic carbocycles. The molecule has 1 aliphatic heterocycles. The number of rotatable bonds is 28. The third-order valence-corrected chi connectivity index (χ3v) is 13.0. The summed E-state index contributed by atoms with van der Waals surface area (Å²) in [6.07, 6.45) is 29.6. The fourth-order valence-electron chi connectivity index (χ4n) is 7.34. The van der Waals surface area contributed by atoms with Crippen LogP contribution in [0.5, 0.6) is 0 Å². The lowest BCUT2D eigenvalue weighted by Crippen LogP contribution is -2.40. The maximum Gasteiger partial charge on any atom is 0.226 e. The van der Waals surface area contributed by atoms with Gasteiger partial charge in [-0.2, -0.15) is 0 Å². The quantitative estimate of drug-likeness (QED) is 0.0796. The van der Waals surface area contributed by atoms with E-state index in [4.69, 9.17) is 0 Å². The third kappa shape index (κ3) is 22.0. The Hall–Kier alpha value is -3.07. The summed E-state index contributed by atoms with van der Waals surface area (Å²) in [6.45, 7) is 5.73. The Morgan fingerprint density at radius 2 is 0.772 bits per heavy atom. The first-order valence-corrected chi connectivity index (χ1v) is 24.7. The molecule has 1 fully saturated rings. The second-order valence-electron chi connectivity index (χ2n) is 16.5. The smallest absolute Gasteiger partial charge is 0.226 e. The molecule has 2 aromatic rings. The van der Waals surface area contributed by atoms with E-state index < -0.39 is 9.84 Å². The van der Waals surface area contributed by atoms with Crippen LogP contribution in [0.3, 0.4) is 0 Å². The van der Waals surface area contributed by atoms with Gasteiger partial charge in [-0.25, -0.2) is 8.42 Å². The van der Waals surface area contributed by atoms with Crippen LogP contribution in [0.15, 0.2) is 48.5 Å². The van der Waals surface area contributed by atoms with Gasteiger partial charge in [0.05, 0.1) is 11.5 Å². The van der Waals surface area contributed by atoms with Gasteiger partial charge in [-0.1, -0.05) is 142 Å². The fourth-order valence-corrected chi connectivity index (χ4v) is 8.54. The van der Waals surface area contributed by atoms with Gasteiger partial charge in [-0.05, 0) is 61.4 Å². The molecular formula is C48H82N4O4S. The van der Waals surface area contributed by atoms with Crippen LogP contribution < -0.4 is 19.6 Å². The summed E-state index contributed by atoms with van der Waals surface area (Å²) in [5, 5.41) is 0. The van der Waals surface area contributed by atoms with Gasteiger partial charge in [-0.15, -0.1) is 0 Å². The molecule has 2 aromatic carbocycles. The van der Waals surface area contributed by atoms with Gasteiger partial charge >= 0.3 is 0 Å². The summed E-state index contributed by atoms with van der Waals surface area (Å²) in [5.74, 6) is 0.874. The van der Waals surface area contributed by atoms with Crippen molar-refractivity contribution in [3.05, 3.63) is 48.5 Å². The van der Waals surface area contributed by atoms with Crippen molar-refractivity contribution in [2.75, 3.05) is 72.4 Å². The first-order chi connectivity index (χ1) is 27.5. The summed E-state index contributed by atoms with van der Waals surface area (Å²) in [7, 11) is 4.93. The molecular weight excluding hydrogens is 729 g/mol. The van der Waals surface area contributed by atoms with E-state index in [1.165, 1.54) is 116 Å². The van der Waals surface area contributed by atoms with Gasteiger partial charge in [-0.3, -0.25) is 9.59 Å². The largest absolute Gasteiger partial charge is 0.378 e. The number of amides is 2. The third-order valence-electron chi connectivity index (χ3n) is 11.4. The zero-order valence-corrected chi connectivity index (χ0v) is 38.1. The number of hydrogen-bond acceptors (Lipinski definition) is 6. The van der Waals surface area contributed by atoms with E-state index in [0.29, 0.717) is 25.9 Å². The Balaban J connectivity index is 0.000000542. The summed E-state index contributed by atoms with van der Waals surface area (Å²) >= 11 is 0. The van der Waals surface area contributed by atoms with Crippen molar-refractivity contribution in [1.82, 2.24) is 0 Å². The number of carbonyl (C=O) groups is 2. The number of carbonyl (C=O) groups excluding carboxylic acids is 2. The maximum absolute atomic E-state index is 12.7. The monoisotopic (exact) mass is 811 g/mol. The van der Waals surface area contributed by atoms with Crippen LogP contribution in [-0.2, 0) is 19.4 Å². The van der Waals surface area contributed by atoms with Crippen LogP contribution in [-0.4, -0.2) is 73.0 Å². The van der Waals surface area contributed by atoms with Gasteiger partial charge in [0.15, 0.2) is 9.84 Å². The molecule has 1 heterocycles. The van der Waals surface area contributed by atoms with Crippen LogP contribution in [0, 0.1) is 0 Å². The molecule has 0 aromatic heterocycles. The Bertz CT molecular complexity index is 1370. The molecule has 0 N–H and O–H groups in total. The van der Waals surface area contributed by atoms with Gasteiger partial charge in [0.25, 0.3) is 0 Å². The maximum atomic E-state index is 12.7. The Labute approximate surface area is 350 Å². The SMILES string of the molecule is CCCCCCCCCCCCCC(=O)N(C)c1ccc(N(C)C(=O)CCCCCCCCCCCCC)cc1.CN(C)c1ccc(N2CCS(=O)(=O)CC2)cc1. The molecule has 3 rings (SSSR count).